The molecule has 0 fully saturated rings. The van der Waals surface area contributed by atoms with Crippen molar-refractivity contribution in [3.63, 3.8) is 0 Å². The fourth-order valence-corrected chi connectivity index (χ4v) is 1.47. The topological polar surface area (TPSA) is 0 Å². The zero-order chi connectivity index (χ0) is 9.84. The predicted molar refractivity (Wildman–Crippen MR) is 58.8 cm³/mol. The van der Waals surface area contributed by atoms with Crippen molar-refractivity contribution in [1.29, 1.82) is 0 Å². The summed E-state index contributed by atoms with van der Waals surface area (Å²) in [7, 11) is 0. The Morgan fingerprint density at radius 2 is 1.69 bits per heavy atom. The lowest BCUT2D eigenvalue weighted by Crippen LogP contribution is -2.06. The minimum absolute atomic E-state index is 0.558. The first-order chi connectivity index (χ1) is 6.13. The van der Waals surface area contributed by atoms with Gasteiger partial charge in [0.1, 0.15) is 0 Å². The van der Waals surface area contributed by atoms with Gasteiger partial charge in [0.15, 0.2) is 0 Å². The van der Waals surface area contributed by atoms with E-state index < -0.39 is 0 Å². The predicted octanol–water partition coefficient (Wildman–Crippen LogP) is 4.00. The summed E-state index contributed by atoms with van der Waals surface area (Å²) in [6, 6.07) is 10.6. The summed E-state index contributed by atoms with van der Waals surface area (Å²) in [6.07, 6.45) is 0. The van der Waals surface area contributed by atoms with E-state index in [-0.39, 0.29) is 0 Å². The summed E-state index contributed by atoms with van der Waals surface area (Å²) < 4.78 is 0. The molecule has 1 rings (SSSR count). The Hall–Kier alpha value is -1.04. The molecule has 0 aliphatic carbocycles. The SMILES string of the molecule is C=C(C)C(C)C(C)c1ccccc1. The average molecular weight is 174 g/mol. The highest BCUT2D eigenvalue weighted by atomic mass is 14.2. The van der Waals surface area contributed by atoms with Crippen LogP contribution in [0.4, 0.5) is 0 Å². The van der Waals surface area contributed by atoms with Crippen LogP contribution in [0.2, 0.25) is 0 Å². The minimum atomic E-state index is 0.558. The monoisotopic (exact) mass is 174 g/mol. The van der Waals surface area contributed by atoms with Gasteiger partial charge in [-0.25, -0.2) is 0 Å². The lowest BCUT2D eigenvalue weighted by molar-refractivity contribution is 0.562. The quantitative estimate of drug-likeness (QED) is 0.607. The van der Waals surface area contributed by atoms with Gasteiger partial charge in [-0.1, -0.05) is 56.3 Å². The second-order valence-electron chi connectivity index (χ2n) is 3.83. The van der Waals surface area contributed by atoms with Gasteiger partial charge in [-0.15, -0.1) is 0 Å². The van der Waals surface area contributed by atoms with Crippen LogP contribution in [-0.4, -0.2) is 0 Å². The molecule has 0 saturated carbocycles. The molecule has 0 bridgehead atoms. The van der Waals surface area contributed by atoms with Crippen molar-refractivity contribution in [3.8, 4) is 0 Å². The van der Waals surface area contributed by atoms with Crippen molar-refractivity contribution < 1.29 is 0 Å². The first-order valence-corrected chi connectivity index (χ1v) is 4.83. The molecule has 1 aromatic rings. The highest BCUT2D eigenvalue weighted by molar-refractivity contribution is 5.21. The molecule has 0 radical (unpaired) electrons. The number of benzene rings is 1. The molecule has 0 aliphatic heterocycles. The standard InChI is InChI=1S/C13H18/c1-10(2)11(3)12(4)13-8-6-5-7-9-13/h5-9,11-12H,1H2,2-4H3. The zero-order valence-electron chi connectivity index (χ0n) is 8.75. The van der Waals surface area contributed by atoms with E-state index >= 15 is 0 Å². The van der Waals surface area contributed by atoms with E-state index in [1.165, 1.54) is 11.1 Å². The number of hydrogen-bond donors (Lipinski definition) is 0. The van der Waals surface area contributed by atoms with Gasteiger partial charge < -0.3 is 0 Å². The molecular weight excluding hydrogens is 156 g/mol. The lowest BCUT2D eigenvalue weighted by atomic mass is 9.85. The van der Waals surface area contributed by atoms with Gasteiger partial charge in [0, 0.05) is 0 Å². The van der Waals surface area contributed by atoms with Crippen LogP contribution in [0.3, 0.4) is 0 Å². The highest BCUT2D eigenvalue weighted by Crippen LogP contribution is 2.27. The normalized spacial score (nSPS) is 15.0. The highest BCUT2D eigenvalue weighted by Gasteiger charge is 2.13. The van der Waals surface area contributed by atoms with Crippen molar-refractivity contribution >= 4 is 0 Å². The van der Waals surface area contributed by atoms with Crippen molar-refractivity contribution in [2.24, 2.45) is 5.92 Å². The summed E-state index contributed by atoms with van der Waals surface area (Å²) >= 11 is 0. The first kappa shape index (κ1) is 10.0. The molecule has 70 valence electrons. The molecule has 0 aromatic heterocycles. The maximum atomic E-state index is 4.00. The van der Waals surface area contributed by atoms with Crippen LogP contribution >= 0.6 is 0 Å². The molecule has 0 heteroatoms. The van der Waals surface area contributed by atoms with E-state index in [1.54, 1.807) is 0 Å². The van der Waals surface area contributed by atoms with E-state index in [9.17, 15) is 0 Å². The number of allylic oxidation sites excluding steroid dienone is 1. The number of hydrogen-bond acceptors (Lipinski definition) is 0. The van der Waals surface area contributed by atoms with E-state index in [0.717, 1.165) is 0 Å². The molecule has 1 aromatic carbocycles. The van der Waals surface area contributed by atoms with E-state index in [2.05, 4.69) is 57.7 Å². The molecule has 0 spiro atoms. The van der Waals surface area contributed by atoms with Crippen LogP contribution in [0.1, 0.15) is 32.3 Å². The maximum Gasteiger partial charge on any atom is -0.0128 e. The summed E-state index contributed by atoms with van der Waals surface area (Å²) in [5, 5.41) is 0. The molecule has 0 N–H and O–H groups in total. The fourth-order valence-electron chi connectivity index (χ4n) is 1.47. The van der Waals surface area contributed by atoms with Crippen LogP contribution in [0.15, 0.2) is 42.5 Å². The van der Waals surface area contributed by atoms with Gasteiger partial charge in [-0.05, 0) is 24.3 Å². The van der Waals surface area contributed by atoms with E-state index in [0.29, 0.717) is 11.8 Å². The van der Waals surface area contributed by atoms with Crippen LogP contribution in [0, 0.1) is 5.92 Å². The molecule has 0 heterocycles. The fraction of sp³-hybridized carbons (Fsp3) is 0.385. The largest absolute Gasteiger partial charge is 0.0998 e. The Balaban J connectivity index is 2.79. The third kappa shape index (κ3) is 2.45. The Kier molecular flexibility index (Phi) is 3.30. The van der Waals surface area contributed by atoms with E-state index in [1.807, 2.05) is 0 Å². The van der Waals surface area contributed by atoms with Gasteiger partial charge in [-0.2, -0.15) is 0 Å². The molecule has 0 saturated heterocycles. The van der Waals surface area contributed by atoms with Gasteiger partial charge in [0.05, 0.1) is 0 Å². The van der Waals surface area contributed by atoms with Crippen LogP contribution < -0.4 is 0 Å². The molecule has 2 unspecified atom stereocenters. The Morgan fingerprint density at radius 1 is 1.15 bits per heavy atom. The Morgan fingerprint density at radius 3 is 2.15 bits per heavy atom. The molecular formula is C13H18. The Labute approximate surface area is 81.3 Å². The lowest BCUT2D eigenvalue weighted by Gasteiger charge is -2.20. The smallest absolute Gasteiger partial charge is 0.0128 e. The van der Waals surface area contributed by atoms with Crippen molar-refractivity contribution in [2.45, 2.75) is 26.7 Å². The third-order valence-electron chi connectivity index (χ3n) is 2.85. The van der Waals surface area contributed by atoms with Crippen molar-refractivity contribution in [2.75, 3.05) is 0 Å². The second-order valence-corrected chi connectivity index (χ2v) is 3.83. The van der Waals surface area contributed by atoms with Gasteiger partial charge in [0.2, 0.25) is 0 Å². The molecule has 2 atom stereocenters. The molecule has 13 heavy (non-hydrogen) atoms. The Bertz CT molecular complexity index is 271. The minimum Gasteiger partial charge on any atom is -0.0998 e. The summed E-state index contributed by atoms with van der Waals surface area (Å²) in [5.41, 5.74) is 2.66. The van der Waals surface area contributed by atoms with Gasteiger partial charge >= 0.3 is 0 Å². The van der Waals surface area contributed by atoms with E-state index in [4.69, 9.17) is 0 Å². The molecule has 0 aliphatic rings. The van der Waals surface area contributed by atoms with Gasteiger partial charge in [0.25, 0.3) is 0 Å². The van der Waals surface area contributed by atoms with Crippen LogP contribution in [-0.2, 0) is 0 Å². The average Bonchev–Trinajstić information content (AvgIpc) is 2.17. The van der Waals surface area contributed by atoms with Crippen molar-refractivity contribution in [1.82, 2.24) is 0 Å². The zero-order valence-corrected chi connectivity index (χ0v) is 8.75. The van der Waals surface area contributed by atoms with Crippen LogP contribution in [0.5, 0.6) is 0 Å². The summed E-state index contributed by atoms with van der Waals surface area (Å²) in [6.45, 7) is 10.6. The summed E-state index contributed by atoms with van der Waals surface area (Å²) in [5.74, 6) is 1.13. The molecule has 0 amide bonds. The third-order valence-corrected chi connectivity index (χ3v) is 2.85. The van der Waals surface area contributed by atoms with Gasteiger partial charge in [-0.3, -0.25) is 0 Å². The first-order valence-electron chi connectivity index (χ1n) is 4.83. The molecule has 0 nitrogen and oxygen atoms in total. The van der Waals surface area contributed by atoms with Crippen molar-refractivity contribution in [3.05, 3.63) is 48.0 Å². The van der Waals surface area contributed by atoms with Crippen LogP contribution in [0.25, 0.3) is 0 Å². The summed E-state index contributed by atoms with van der Waals surface area (Å²) in [4.78, 5) is 0. The number of rotatable bonds is 3. The second kappa shape index (κ2) is 4.27. The maximum absolute atomic E-state index is 4.00.